The normalized spacial score (nSPS) is 39.1. The standard InChI is InChI=1S/C20H39N/c1-5-7-17-8-10-18(11-9-17)20(21-6-2)19-13-15(3)12-16(4)14-19/h15-21H,5-14H2,1-4H3. The lowest BCUT2D eigenvalue weighted by atomic mass is 9.67. The van der Waals surface area contributed by atoms with E-state index in [9.17, 15) is 0 Å². The molecule has 0 aromatic carbocycles. The van der Waals surface area contributed by atoms with E-state index < -0.39 is 0 Å². The zero-order valence-electron chi connectivity index (χ0n) is 15.0. The van der Waals surface area contributed by atoms with E-state index in [0.29, 0.717) is 0 Å². The number of hydrogen-bond donors (Lipinski definition) is 1. The second kappa shape index (κ2) is 8.56. The molecular weight excluding hydrogens is 254 g/mol. The molecule has 2 rings (SSSR count). The molecule has 0 bridgehead atoms. The lowest BCUT2D eigenvalue weighted by Crippen LogP contribution is -2.45. The molecule has 1 N–H and O–H groups in total. The van der Waals surface area contributed by atoms with E-state index in [1.807, 2.05) is 0 Å². The monoisotopic (exact) mass is 293 g/mol. The molecule has 0 spiro atoms. The van der Waals surface area contributed by atoms with Crippen LogP contribution >= 0.6 is 0 Å². The first kappa shape index (κ1) is 17.3. The first-order chi connectivity index (χ1) is 10.1. The molecule has 0 aromatic heterocycles. The summed E-state index contributed by atoms with van der Waals surface area (Å²) in [6, 6.07) is 0.808. The minimum absolute atomic E-state index is 0.808. The molecule has 0 saturated heterocycles. The molecule has 124 valence electrons. The zero-order valence-corrected chi connectivity index (χ0v) is 15.0. The van der Waals surface area contributed by atoms with Gasteiger partial charge in [0.2, 0.25) is 0 Å². The minimum atomic E-state index is 0.808. The van der Waals surface area contributed by atoms with Gasteiger partial charge >= 0.3 is 0 Å². The molecule has 2 aliphatic rings. The van der Waals surface area contributed by atoms with Crippen LogP contribution in [0.25, 0.3) is 0 Å². The Bertz CT molecular complexity index is 270. The molecule has 3 unspecified atom stereocenters. The van der Waals surface area contributed by atoms with Crippen molar-refractivity contribution in [2.45, 2.75) is 91.5 Å². The Kier molecular flexibility index (Phi) is 7.05. The van der Waals surface area contributed by atoms with Crippen LogP contribution < -0.4 is 5.32 Å². The van der Waals surface area contributed by atoms with Crippen LogP contribution in [0.4, 0.5) is 0 Å². The second-order valence-corrected chi connectivity index (χ2v) is 8.33. The van der Waals surface area contributed by atoms with Gasteiger partial charge in [-0.25, -0.2) is 0 Å². The first-order valence-electron chi connectivity index (χ1n) is 9.87. The van der Waals surface area contributed by atoms with Crippen LogP contribution in [0.5, 0.6) is 0 Å². The predicted molar refractivity (Wildman–Crippen MR) is 93.5 cm³/mol. The fraction of sp³-hybridized carbons (Fsp3) is 1.00. The molecule has 0 aliphatic heterocycles. The van der Waals surface area contributed by atoms with Crippen LogP contribution in [0.2, 0.25) is 0 Å². The van der Waals surface area contributed by atoms with Gasteiger partial charge in [0.15, 0.2) is 0 Å². The summed E-state index contributed by atoms with van der Waals surface area (Å²) in [5.74, 6) is 4.82. The van der Waals surface area contributed by atoms with Crippen molar-refractivity contribution in [3.63, 3.8) is 0 Å². The average Bonchev–Trinajstić information content (AvgIpc) is 2.45. The average molecular weight is 294 g/mol. The van der Waals surface area contributed by atoms with E-state index in [4.69, 9.17) is 0 Å². The van der Waals surface area contributed by atoms with Gasteiger partial charge in [-0.1, -0.05) is 53.4 Å². The van der Waals surface area contributed by atoms with Crippen LogP contribution in [-0.2, 0) is 0 Å². The van der Waals surface area contributed by atoms with Crippen LogP contribution in [0, 0.1) is 29.6 Å². The summed E-state index contributed by atoms with van der Waals surface area (Å²) in [4.78, 5) is 0. The highest BCUT2D eigenvalue weighted by Gasteiger charge is 2.35. The molecule has 2 saturated carbocycles. The highest BCUT2D eigenvalue weighted by molar-refractivity contribution is 4.90. The fourth-order valence-corrected chi connectivity index (χ4v) is 5.50. The van der Waals surface area contributed by atoms with Crippen molar-refractivity contribution in [1.82, 2.24) is 5.32 Å². The molecular formula is C20H39N. The smallest absolute Gasteiger partial charge is 0.0124 e. The maximum atomic E-state index is 3.91. The van der Waals surface area contributed by atoms with Gasteiger partial charge in [-0.2, -0.15) is 0 Å². The van der Waals surface area contributed by atoms with Crippen molar-refractivity contribution >= 4 is 0 Å². The molecule has 2 fully saturated rings. The van der Waals surface area contributed by atoms with Gasteiger partial charge in [-0.05, 0) is 68.2 Å². The number of nitrogens with one attached hydrogen (secondary N) is 1. The van der Waals surface area contributed by atoms with Gasteiger partial charge < -0.3 is 5.32 Å². The SMILES string of the molecule is CCCC1CCC(C(NCC)C2CC(C)CC(C)C2)CC1. The van der Waals surface area contributed by atoms with E-state index >= 15 is 0 Å². The molecule has 0 radical (unpaired) electrons. The lowest BCUT2D eigenvalue weighted by molar-refractivity contribution is 0.115. The summed E-state index contributed by atoms with van der Waals surface area (Å²) >= 11 is 0. The summed E-state index contributed by atoms with van der Waals surface area (Å²) in [5.41, 5.74) is 0. The summed E-state index contributed by atoms with van der Waals surface area (Å²) in [6.45, 7) is 10.7. The van der Waals surface area contributed by atoms with Gasteiger partial charge in [-0.15, -0.1) is 0 Å². The van der Waals surface area contributed by atoms with Crippen LogP contribution in [0.1, 0.15) is 85.5 Å². The third-order valence-electron chi connectivity index (χ3n) is 6.26. The highest BCUT2D eigenvalue weighted by atomic mass is 14.9. The molecule has 0 amide bonds. The van der Waals surface area contributed by atoms with Gasteiger partial charge in [-0.3, -0.25) is 0 Å². The lowest BCUT2D eigenvalue weighted by Gasteiger charge is -2.42. The van der Waals surface area contributed by atoms with Gasteiger partial charge in [0.1, 0.15) is 0 Å². The zero-order chi connectivity index (χ0) is 15.2. The van der Waals surface area contributed by atoms with Gasteiger partial charge in [0.25, 0.3) is 0 Å². The van der Waals surface area contributed by atoms with E-state index in [-0.39, 0.29) is 0 Å². The number of hydrogen-bond acceptors (Lipinski definition) is 1. The Hall–Kier alpha value is -0.0400. The summed E-state index contributed by atoms with van der Waals surface area (Å²) in [7, 11) is 0. The van der Waals surface area contributed by atoms with Crippen molar-refractivity contribution in [2.75, 3.05) is 6.54 Å². The van der Waals surface area contributed by atoms with Crippen molar-refractivity contribution in [3.8, 4) is 0 Å². The van der Waals surface area contributed by atoms with E-state index in [0.717, 1.165) is 42.2 Å². The maximum absolute atomic E-state index is 3.91. The van der Waals surface area contributed by atoms with Crippen LogP contribution in [0.15, 0.2) is 0 Å². The molecule has 21 heavy (non-hydrogen) atoms. The second-order valence-electron chi connectivity index (χ2n) is 8.33. The van der Waals surface area contributed by atoms with Crippen molar-refractivity contribution in [2.24, 2.45) is 29.6 Å². The van der Waals surface area contributed by atoms with Crippen LogP contribution in [-0.4, -0.2) is 12.6 Å². The van der Waals surface area contributed by atoms with Crippen molar-refractivity contribution < 1.29 is 0 Å². The Morgan fingerprint density at radius 1 is 0.857 bits per heavy atom. The Balaban J connectivity index is 1.92. The van der Waals surface area contributed by atoms with Gasteiger partial charge in [0.05, 0.1) is 0 Å². The fourth-order valence-electron chi connectivity index (χ4n) is 5.50. The molecule has 3 atom stereocenters. The van der Waals surface area contributed by atoms with Crippen LogP contribution in [0.3, 0.4) is 0 Å². The molecule has 1 nitrogen and oxygen atoms in total. The topological polar surface area (TPSA) is 12.0 Å². The molecule has 1 heteroatoms. The quantitative estimate of drug-likeness (QED) is 0.668. The Labute approximate surface area is 133 Å². The number of rotatable bonds is 6. The van der Waals surface area contributed by atoms with E-state index in [2.05, 4.69) is 33.0 Å². The van der Waals surface area contributed by atoms with Gasteiger partial charge in [0, 0.05) is 6.04 Å². The molecule has 0 aromatic rings. The maximum Gasteiger partial charge on any atom is 0.0124 e. The van der Waals surface area contributed by atoms with E-state index in [1.54, 1.807) is 0 Å². The molecule has 0 heterocycles. The summed E-state index contributed by atoms with van der Waals surface area (Å²) in [5, 5.41) is 3.91. The minimum Gasteiger partial charge on any atom is -0.314 e. The highest BCUT2D eigenvalue weighted by Crippen LogP contribution is 2.41. The summed E-state index contributed by atoms with van der Waals surface area (Å²) in [6.07, 6.45) is 13.2. The Morgan fingerprint density at radius 3 is 2.00 bits per heavy atom. The molecule has 2 aliphatic carbocycles. The Morgan fingerprint density at radius 2 is 1.48 bits per heavy atom. The largest absolute Gasteiger partial charge is 0.314 e. The van der Waals surface area contributed by atoms with Crippen molar-refractivity contribution in [3.05, 3.63) is 0 Å². The van der Waals surface area contributed by atoms with E-state index in [1.165, 1.54) is 57.8 Å². The summed E-state index contributed by atoms with van der Waals surface area (Å²) < 4.78 is 0. The third-order valence-corrected chi connectivity index (χ3v) is 6.26. The van der Waals surface area contributed by atoms with Crippen molar-refractivity contribution in [1.29, 1.82) is 0 Å². The predicted octanol–water partition coefficient (Wildman–Crippen LogP) is 5.64. The third kappa shape index (κ3) is 4.98. The first-order valence-corrected chi connectivity index (χ1v) is 9.87.